The van der Waals surface area contributed by atoms with Crippen molar-refractivity contribution in [2.75, 3.05) is 64.6 Å². The molecule has 3 rings (SSSR count). The van der Waals surface area contributed by atoms with Crippen LogP contribution in [0, 0.1) is 0 Å². The Labute approximate surface area is 227 Å². The number of ether oxygens (including phenoxy) is 3. The number of hydrogen-bond donors (Lipinski definition) is 3. The van der Waals surface area contributed by atoms with Crippen LogP contribution in [0.1, 0.15) is 6.92 Å². The predicted octanol–water partition coefficient (Wildman–Crippen LogP) is 5.70. The number of hydrogen-bond acceptors (Lipinski definition) is 12. The second kappa shape index (κ2) is 15.2. The van der Waals surface area contributed by atoms with E-state index in [9.17, 15) is 5.11 Å². The highest BCUT2D eigenvalue weighted by Crippen LogP contribution is 2.41. The highest BCUT2D eigenvalue weighted by Gasteiger charge is 2.13. The van der Waals surface area contributed by atoms with Crippen molar-refractivity contribution >= 4 is 34.1 Å². The van der Waals surface area contributed by atoms with E-state index in [2.05, 4.69) is 30.8 Å². The zero-order chi connectivity index (χ0) is 28.0. The Bertz CT molecular complexity index is 1250. The van der Waals surface area contributed by atoms with Gasteiger partial charge in [-0.05, 0) is 43.3 Å². The summed E-state index contributed by atoms with van der Waals surface area (Å²) < 4.78 is 16.6. The maximum atomic E-state index is 9.24. The molecule has 0 spiro atoms. The maximum Gasteiger partial charge on any atom is 0.149 e. The van der Waals surface area contributed by atoms with Crippen LogP contribution >= 0.6 is 0 Å². The zero-order valence-corrected chi connectivity index (χ0v) is 22.5. The number of nitrogens with one attached hydrogen (secondary N) is 1. The summed E-state index contributed by atoms with van der Waals surface area (Å²) in [6.07, 6.45) is 0. The lowest BCUT2D eigenvalue weighted by Crippen LogP contribution is -2.25. The largest absolute Gasteiger partial charge is 0.494 e. The summed E-state index contributed by atoms with van der Waals surface area (Å²) in [4.78, 5) is 7.00. The molecule has 0 fully saturated rings. The van der Waals surface area contributed by atoms with Gasteiger partial charge in [0, 0.05) is 37.0 Å². The molecule has 0 radical (unpaired) electrons. The van der Waals surface area contributed by atoms with Crippen LogP contribution < -0.4 is 24.6 Å². The minimum absolute atomic E-state index is 0.0866. The lowest BCUT2D eigenvalue weighted by atomic mass is 10.2. The number of nitrogens with zero attached hydrogens (tertiary/aromatic N) is 5. The summed E-state index contributed by atoms with van der Waals surface area (Å²) in [7, 11) is 4.55. The molecular weight excluding hydrogens is 504 g/mol. The van der Waals surface area contributed by atoms with Gasteiger partial charge in [0.15, 0.2) is 0 Å². The molecular formula is C27H34N6O6. The van der Waals surface area contributed by atoms with E-state index >= 15 is 0 Å². The lowest BCUT2D eigenvalue weighted by molar-refractivity contribution is 0.201. The molecule has 0 unspecified atom stereocenters. The maximum absolute atomic E-state index is 9.24. The number of benzene rings is 3. The molecule has 0 aromatic heterocycles. The molecule has 0 heterocycles. The molecule has 3 N–H and O–H groups in total. The summed E-state index contributed by atoms with van der Waals surface area (Å²) in [5.41, 5.74) is 6.34. The Morgan fingerprint density at radius 1 is 0.744 bits per heavy atom. The van der Waals surface area contributed by atoms with E-state index in [1.807, 2.05) is 31.2 Å². The van der Waals surface area contributed by atoms with Crippen molar-refractivity contribution < 1.29 is 29.3 Å². The quantitative estimate of drug-likeness (QED) is 0.165. The Morgan fingerprint density at radius 3 is 1.95 bits per heavy atom. The van der Waals surface area contributed by atoms with Gasteiger partial charge in [0.05, 0.1) is 45.9 Å². The van der Waals surface area contributed by atoms with Crippen molar-refractivity contribution in [1.29, 1.82) is 0 Å². The number of azo groups is 2. The van der Waals surface area contributed by atoms with E-state index in [0.717, 1.165) is 12.2 Å². The van der Waals surface area contributed by atoms with Crippen molar-refractivity contribution in [1.82, 2.24) is 0 Å². The third kappa shape index (κ3) is 8.11. The molecule has 12 nitrogen and oxygen atoms in total. The number of aliphatic hydroxyl groups excluding tert-OH is 2. The summed E-state index contributed by atoms with van der Waals surface area (Å²) in [6, 6.07) is 16.1. The fourth-order valence-corrected chi connectivity index (χ4v) is 3.61. The van der Waals surface area contributed by atoms with Crippen LogP contribution in [0.15, 0.2) is 75.1 Å². The minimum atomic E-state index is -0.148. The fourth-order valence-electron chi connectivity index (χ4n) is 3.61. The van der Waals surface area contributed by atoms with Gasteiger partial charge in [0.1, 0.15) is 40.9 Å². The van der Waals surface area contributed by atoms with Crippen LogP contribution in [0.4, 0.5) is 34.1 Å². The lowest BCUT2D eigenvalue weighted by Gasteiger charge is -2.21. The second-order valence-electron chi connectivity index (χ2n) is 7.98. The topological polar surface area (TPSA) is 142 Å². The van der Waals surface area contributed by atoms with Gasteiger partial charge in [-0.1, -0.05) is 0 Å². The van der Waals surface area contributed by atoms with Gasteiger partial charge >= 0.3 is 0 Å². The van der Waals surface area contributed by atoms with Crippen molar-refractivity contribution in [3.63, 3.8) is 0 Å². The minimum Gasteiger partial charge on any atom is -0.494 e. The molecule has 0 atom stereocenters. The highest BCUT2D eigenvalue weighted by atomic mass is 16.6. The van der Waals surface area contributed by atoms with Crippen LogP contribution in [0.3, 0.4) is 0 Å². The Balaban J connectivity index is 1.86. The molecule has 3 aromatic carbocycles. The first-order valence-corrected chi connectivity index (χ1v) is 12.3. The summed E-state index contributed by atoms with van der Waals surface area (Å²) >= 11 is 0. The molecule has 0 aliphatic rings. The monoisotopic (exact) mass is 538 g/mol. The van der Waals surface area contributed by atoms with E-state index in [-0.39, 0.29) is 19.8 Å². The molecule has 0 amide bonds. The zero-order valence-electron chi connectivity index (χ0n) is 22.5. The third-order valence-corrected chi connectivity index (χ3v) is 5.51. The first kappa shape index (κ1) is 29.3. The van der Waals surface area contributed by atoms with E-state index in [0.29, 0.717) is 52.2 Å². The molecule has 0 aliphatic carbocycles. The molecule has 0 bridgehead atoms. The highest BCUT2D eigenvalue weighted by molar-refractivity contribution is 5.67. The Hall–Kier alpha value is -4.26. The number of likely N-dealkylation sites (N-methyl/N-ethyl adjacent to an activating group) is 1. The van der Waals surface area contributed by atoms with E-state index in [4.69, 9.17) is 24.2 Å². The fraction of sp³-hybridized carbons (Fsp3) is 0.333. The SMILES string of the molecule is CCN(CCO)c1ccc(N=Nc2cc(OC)c(N=Nc3ccc(NOC)cc3OCCO)cc2OC)cc1. The van der Waals surface area contributed by atoms with Crippen molar-refractivity contribution in [2.45, 2.75) is 6.92 Å². The average molecular weight is 539 g/mol. The molecule has 0 saturated carbocycles. The molecule has 0 aliphatic heterocycles. The first-order valence-electron chi connectivity index (χ1n) is 12.3. The standard InChI is InChI=1S/C27H34N6O6/c1-5-33(12-13-34)21-9-6-19(7-10-21)28-30-23-17-26(37-3)24(18-25(23)36-2)31-29-22-11-8-20(32-38-4)16-27(22)39-15-14-35/h6-11,16-18,32,34-35H,5,12-15H2,1-4H3. The van der Waals surface area contributed by atoms with Crippen molar-refractivity contribution in [3.05, 3.63) is 54.6 Å². The van der Waals surface area contributed by atoms with E-state index < -0.39 is 0 Å². The average Bonchev–Trinajstić information content (AvgIpc) is 2.97. The number of anilines is 2. The van der Waals surface area contributed by atoms with E-state index in [1.165, 1.54) is 21.3 Å². The summed E-state index contributed by atoms with van der Waals surface area (Å²) in [5, 5.41) is 35.7. The van der Waals surface area contributed by atoms with Gasteiger partial charge in [-0.25, -0.2) is 0 Å². The third-order valence-electron chi connectivity index (χ3n) is 5.51. The van der Waals surface area contributed by atoms with Crippen LogP contribution in [0.2, 0.25) is 0 Å². The van der Waals surface area contributed by atoms with Crippen molar-refractivity contribution in [3.8, 4) is 17.2 Å². The summed E-state index contributed by atoms with van der Waals surface area (Å²) in [5.74, 6) is 1.26. The first-order chi connectivity index (χ1) is 19.1. The van der Waals surface area contributed by atoms with Crippen LogP contribution in [-0.4, -0.2) is 64.5 Å². The van der Waals surface area contributed by atoms with Gasteiger partial charge in [-0.3, -0.25) is 10.3 Å². The van der Waals surface area contributed by atoms with Crippen LogP contribution in [-0.2, 0) is 4.84 Å². The number of aliphatic hydroxyl groups is 2. The predicted molar refractivity (Wildman–Crippen MR) is 149 cm³/mol. The number of rotatable bonds is 15. The Morgan fingerprint density at radius 2 is 1.38 bits per heavy atom. The van der Waals surface area contributed by atoms with Crippen LogP contribution in [0.5, 0.6) is 17.2 Å². The van der Waals surface area contributed by atoms with Gasteiger partial charge in [-0.15, -0.1) is 15.3 Å². The van der Waals surface area contributed by atoms with Crippen LogP contribution in [0.25, 0.3) is 0 Å². The molecule has 208 valence electrons. The number of methoxy groups -OCH3 is 2. The molecule has 0 saturated heterocycles. The van der Waals surface area contributed by atoms with Crippen molar-refractivity contribution in [2.24, 2.45) is 20.5 Å². The molecule has 3 aromatic rings. The smallest absolute Gasteiger partial charge is 0.149 e. The molecule has 12 heteroatoms. The van der Waals surface area contributed by atoms with Gasteiger partial charge in [0.25, 0.3) is 0 Å². The van der Waals surface area contributed by atoms with Gasteiger partial charge in [-0.2, -0.15) is 5.11 Å². The van der Waals surface area contributed by atoms with E-state index in [1.54, 1.807) is 30.3 Å². The van der Waals surface area contributed by atoms with Gasteiger partial charge in [0.2, 0.25) is 0 Å². The normalized spacial score (nSPS) is 11.2. The van der Waals surface area contributed by atoms with Gasteiger partial charge < -0.3 is 29.3 Å². The second-order valence-corrected chi connectivity index (χ2v) is 7.98. The Kier molecular flexibility index (Phi) is 11.4. The molecule has 39 heavy (non-hydrogen) atoms. The summed E-state index contributed by atoms with van der Waals surface area (Å²) in [6.45, 7) is 3.42.